The Hall–Kier alpha value is -6.40. The van der Waals surface area contributed by atoms with Gasteiger partial charge in [-0.2, -0.15) is 0 Å². The summed E-state index contributed by atoms with van der Waals surface area (Å²) in [5.74, 6) is -1.70. The molecule has 0 bridgehead atoms. The molecule has 0 saturated heterocycles. The molecule has 2 aromatic heterocycles. The van der Waals surface area contributed by atoms with Crippen LogP contribution in [0.4, 0.5) is 15.3 Å². The van der Waals surface area contributed by atoms with Crippen molar-refractivity contribution in [1.29, 1.82) is 0 Å². The number of esters is 2. The number of ether oxygens (including phenoxy) is 5. The molecule has 326 valence electrons. The average Bonchev–Trinajstić information content (AvgIpc) is 3.61. The van der Waals surface area contributed by atoms with Crippen LogP contribution in [0.5, 0.6) is 0 Å². The Kier molecular flexibility index (Phi) is 11.9. The number of para-hydroxylation sites is 1. The van der Waals surface area contributed by atoms with E-state index in [9.17, 15) is 33.6 Å². The number of rotatable bonds is 13. The van der Waals surface area contributed by atoms with E-state index in [1.807, 2.05) is 30.3 Å². The van der Waals surface area contributed by atoms with E-state index in [0.29, 0.717) is 45.9 Å². The zero-order valence-electron chi connectivity index (χ0n) is 34.8. The molecule has 63 heavy (non-hydrogen) atoms. The Bertz CT molecular complexity index is 2780. The third-order valence-electron chi connectivity index (χ3n) is 10.7. The molecule has 1 N–H and O–H groups in total. The highest BCUT2D eigenvalue weighted by molar-refractivity contribution is 8.76. The number of hydrogen-bond donors (Lipinski definition) is 1. The minimum atomic E-state index is -1.90. The number of carbonyl (C=O) groups is 6. The van der Waals surface area contributed by atoms with E-state index in [2.05, 4.69) is 5.32 Å². The van der Waals surface area contributed by atoms with Crippen LogP contribution >= 0.6 is 21.6 Å². The number of carbonyl (C=O) groups excluding carboxylic acids is 6. The van der Waals surface area contributed by atoms with Crippen LogP contribution in [0.1, 0.15) is 77.9 Å². The number of nitrogens with zero attached hydrogens (tertiary/aromatic N) is 3. The number of nitrogens with one attached hydrogen (secondary N) is 1. The highest BCUT2D eigenvalue weighted by atomic mass is 33.1. The van der Waals surface area contributed by atoms with Gasteiger partial charge in [-0.15, -0.1) is 0 Å². The number of hydrogen-bond acceptors (Lipinski definition) is 15. The fraction of sp³-hybridized carbons (Fsp3) is 0.333. The molecule has 0 spiro atoms. The molecular formula is C45H42N4O12S2. The molecule has 0 fully saturated rings. The topological polar surface area (TPSA) is 199 Å². The van der Waals surface area contributed by atoms with Gasteiger partial charge in [0.25, 0.3) is 17.4 Å². The SMILES string of the molecule is CC[C@@]1(OC(=O)OCCSSCCOC(=O)Nc2ccc3c4c(cccc24)C(=O)N(CCC(=O)OC(C)(C)C)C3=O)C(=O)OCc2c1cc1n(c2=O)Cc2cc3ccccc3nc2-1. The van der Waals surface area contributed by atoms with Crippen LogP contribution in [0.15, 0.2) is 71.5 Å². The van der Waals surface area contributed by atoms with Crippen molar-refractivity contribution in [3.05, 3.63) is 105 Å². The summed E-state index contributed by atoms with van der Waals surface area (Å²) >= 11 is 0. The first-order valence-electron chi connectivity index (χ1n) is 20.2. The van der Waals surface area contributed by atoms with Crippen LogP contribution in [0.25, 0.3) is 33.1 Å². The zero-order valence-corrected chi connectivity index (χ0v) is 36.4. The van der Waals surface area contributed by atoms with Crippen molar-refractivity contribution in [2.45, 2.75) is 64.9 Å². The van der Waals surface area contributed by atoms with Gasteiger partial charge in [0.05, 0.1) is 41.1 Å². The van der Waals surface area contributed by atoms with Crippen LogP contribution < -0.4 is 10.9 Å². The number of anilines is 1. The average molecular weight is 895 g/mol. The van der Waals surface area contributed by atoms with Crippen molar-refractivity contribution in [3.63, 3.8) is 0 Å². The van der Waals surface area contributed by atoms with Gasteiger partial charge in [0, 0.05) is 56.5 Å². The Morgan fingerprint density at radius 1 is 0.905 bits per heavy atom. The van der Waals surface area contributed by atoms with Gasteiger partial charge < -0.3 is 28.3 Å². The number of benzene rings is 3. The fourth-order valence-electron chi connectivity index (χ4n) is 7.90. The Morgan fingerprint density at radius 2 is 1.63 bits per heavy atom. The van der Waals surface area contributed by atoms with Crippen LogP contribution in [-0.2, 0) is 52.0 Å². The zero-order chi connectivity index (χ0) is 44.6. The molecule has 1 atom stereocenters. The largest absolute Gasteiger partial charge is 0.509 e. The van der Waals surface area contributed by atoms with Gasteiger partial charge in [0.2, 0.25) is 5.60 Å². The van der Waals surface area contributed by atoms with Crippen LogP contribution in [0.3, 0.4) is 0 Å². The molecule has 3 aliphatic rings. The van der Waals surface area contributed by atoms with Gasteiger partial charge in [-0.3, -0.25) is 29.4 Å². The van der Waals surface area contributed by atoms with Crippen LogP contribution in [0.2, 0.25) is 0 Å². The fourth-order valence-corrected chi connectivity index (χ4v) is 9.55. The molecule has 18 heteroatoms. The second-order valence-electron chi connectivity index (χ2n) is 15.9. The van der Waals surface area contributed by atoms with Gasteiger partial charge in [-0.05, 0) is 63.6 Å². The monoisotopic (exact) mass is 894 g/mol. The van der Waals surface area contributed by atoms with Gasteiger partial charge >= 0.3 is 24.2 Å². The summed E-state index contributed by atoms with van der Waals surface area (Å²) in [5, 5.41) is 4.49. The highest BCUT2D eigenvalue weighted by Gasteiger charge is 2.51. The van der Waals surface area contributed by atoms with Gasteiger partial charge in [0.15, 0.2) is 0 Å². The van der Waals surface area contributed by atoms with Gasteiger partial charge in [-0.25, -0.2) is 19.4 Å². The van der Waals surface area contributed by atoms with Gasteiger partial charge in [0.1, 0.15) is 25.4 Å². The predicted octanol–water partition coefficient (Wildman–Crippen LogP) is 7.35. The first kappa shape index (κ1) is 43.3. The second-order valence-corrected chi connectivity index (χ2v) is 18.6. The van der Waals surface area contributed by atoms with E-state index in [0.717, 1.165) is 21.4 Å². The number of cyclic esters (lactones) is 1. The van der Waals surface area contributed by atoms with E-state index in [4.69, 9.17) is 28.7 Å². The van der Waals surface area contributed by atoms with E-state index in [1.54, 1.807) is 62.6 Å². The lowest BCUT2D eigenvalue weighted by molar-refractivity contribution is -0.175. The van der Waals surface area contributed by atoms with Crippen molar-refractivity contribution in [1.82, 2.24) is 14.5 Å². The molecule has 3 aliphatic heterocycles. The number of amides is 3. The summed E-state index contributed by atoms with van der Waals surface area (Å²) in [6.07, 6.45) is -2.00. The third kappa shape index (κ3) is 8.44. The lowest BCUT2D eigenvalue weighted by atomic mass is 9.85. The maximum absolute atomic E-state index is 13.8. The van der Waals surface area contributed by atoms with E-state index < -0.39 is 47.2 Å². The van der Waals surface area contributed by atoms with Crippen molar-refractivity contribution in [2.75, 3.05) is 36.6 Å². The number of aromatic nitrogens is 2. The summed E-state index contributed by atoms with van der Waals surface area (Å²) in [6.45, 7) is 6.75. The molecule has 5 aromatic rings. The van der Waals surface area contributed by atoms with Crippen molar-refractivity contribution in [2.24, 2.45) is 0 Å². The minimum absolute atomic E-state index is 0.00754. The lowest BCUT2D eigenvalue weighted by Gasteiger charge is -2.35. The van der Waals surface area contributed by atoms with Crippen LogP contribution in [-0.4, -0.2) is 87.3 Å². The number of pyridine rings is 2. The standard InChI is InChI=1S/C45H42N4O12S2/c1-5-45(31-22-34-37-26(21-25-9-6-7-12-32(25)46-37)23-49(34)40(53)30(31)24-59-41(45)54)61-43(56)58-18-20-63-62-19-17-57-42(55)47-33-14-13-29-36-27(33)10-8-11-28(36)38(51)48(39(29)52)16-15-35(50)60-44(2,3)4/h6-14,21-22H,5,15-20,23-24H2,1-4H3,(H,47,55)/t45-/m0/s1. The Morgan fingerprint density at radius 3 is 2.38 bits per heavy atom. The van der Waals surface area contributed by atoms with E-state index in [1.165, 1.54) is 27.7 Å². The second kappa shape index (κ2) is 17.4. The molecule has 0 radical (unpaired) electrons. The Balaban J connectivity index is 0.809. The summed E-state index contributed by atoms with van der Waals surface area (Å²) < 4.78 is 28.7. The van der Waals surface area contributed by atoms with Crippen molar-refractivity contribution < 1.29 is 52.5 Å². The molecular weight excluding hydrogens is 853 g/mol. The molecule has 0 aliphatic carbocycles. The summed E-state index contributed by atoms with van der Waals surface area (Å²) in [4.78, 5) is 97.8. The minimum Gasteiger partial charge on any atom is -0.460 e. The smallest absolute Gasteiger partial charge is 0.460 e. The predicted molar refractivity (Wildman–Crippen MR) is 234 cm³/mol. The molecule has 0 unspecified atom stereocenters. The lowest BCUT2D eigenvalue weighted by Crippen LogP contribution is -2.47. The molecule has 5 heterocycles. The first-order chi connectivity index (χ1) is 30.2. The third-order valence-corrected chi connectivity index (χ3v) is 13.0. The molecule has 3 aromatic carbocycles. The maximum atomic E-state index is 13.8. The van der Waals surface area contributed by atoms with Crippen LogP contribution in [0, 0.1) is 0 Å². The molecule has 0 saturated carbocycles. The quantitative estimate of drug-likeness (QED) is 0.0397. The normalized spacial score (nSPS) is 16.3. The molecule has 16 nitrogen and oxygen atoms in total. The molecule has 8 rings (SSSR count). The highest BCUT2D eigenvalue weighted by Crippen LogP contribution is 2.41. The Labute approximate surface area is 368 Å². The van der Waals surface area contributed by atoms with Crippen molar-refractivity contribution >= 4 is 85.0 Å². The summed E-state index contributed by atoms with van der Waals surface area (Å²) in [7, 11) is 2.73. The first-order valence-corrected chi connectivity index (χ1v) is 22.7. The number of fused-ring (bicyclic) bond motifs is 5. The molecule has 3 amide bonds. The summed E-state index contributed by atoms with van der Waals surface area (Å²) in [6, 6.07) is 19.3. The summed E-state index contributed by atoms with van der Waals surface area (Å²) in [5.41, 5.74) is 1.15. The maximum Gasteiger partial charge on any atom is 0.509 e. The van der Waals surface area contributed by atoms with E-state index in [-0.39, 0.29) is 67.0 Å². The van der Waals surface area contributed by atoms with E-state index >= 15 is 0 Å². The number of imide groups is 1. The van der Waals surface area contributed by atoms with Crippen molar-refractivity contribution in [3.8, 4) is 11.4 Å². The van der Waals surface area contributed by atoms with Gasteiger partial charge in [-0.1, -0.05) is 58.8 Å².